The molecule has 3 heteroatoms. The first kappa shape index (κ1) is 10.8. The molecule has 5 rings (SSSR count). The Labute approximate surface area is 104 Å². The van der Waals surface area contributed by atoms with Crippen LogP contribution in [0.2, 0.25) is 0 Å². The molecular weight excluding hydrogens is 212 g/mol. The molecule has 2 unspecified atom stereocenters. The van der Waals surface area contributed by atoms with E-state index in [1.54, 1.807) is 0 Å². The summed E-state index contributed by atoms with van der Waals surface area (Å²) in [5.41, 5.74) is 0.350. The molecule has 1 aliphatic carbocycles. The first-order valence-corrected chi connectivity index (χ1v) is 7.19. The van der Waals surface area contributed by atoms with E-state index < -0.39 is 0 Å². The Hall–Kier alpha value is -0.120. The van der Waals surface area contributed by atoms with Gasteiger partial charge in [-0.3, -0.25) is 5.32 Å². The summed E-state index contributed by atoms with van der Waals surface area (Å²) in [6.45, 7) is 10.5. The minimum absolute atomic E-state index is 0.0446. The van der Waals surface area contributed by atoms with E-state index in [-0.39, 0.29) is 5.72 Å². The zero-order valence-corrected chi connectivity index (χ0v) is 11.0. The highest BCUT2D eigenvalue weighted by molar-refractivity contribution is 5.09. The number of nitrogens with one attached hydrogen (secondary N) is 1. The molecule has 4 saturated heterocycles. The summed E-state index contributed by atoms with van der Waals surface area (Å²) >= 11 is 0. The first-order chi connectivity index (χ1) is 8.07. The van der Waals surface area contributed by atoms with Gasteiger partial charge in [0.15, 0.2) is 0 Å². The lowest BCUT2D eigenvalue weighted by Crippen LogP contribution is -2.75. The molecule has 5 fully saturated rings. The van der Waals surface area contributed by atoms with Crippen molar-refractivity contribution in [2.24, 2.45) is 23.2 Å². The molecule has 1 N–H and O–H groups in total. The van der Waals surface area contributed by atoms with Crippen LogP contribution in [0.25, 0.3) is 0 Å². The normalized spacial score (nSPS) is 55.4. The molecule has 17 heavy (non-hydrogen) atoms. The van der Waals surface area contributed by atoms with Crippen LogP contribution in [0.3, 0.4) is 0 Å². The Morgan fingerprint density at radius 3 is 2.35 bits per heavy atom. The summed E-state index contributed by atoms with van der Waals surface area (Å²) in [6.07, 6.45) is 2.78. The van der Waals surface area contributed by atoms with Gasteiger partial charge in [0.25, 0.3) is 0 Å². The molecular formula is C14H24N2O. The highest BCUT2D eigenvalue weighted by Crippen LogP contribution is 2.51. The van der Waals surface area contributed by atoms with E-state index in [1.807, 2.05) is 0 Å². The van der Waals surface area contributed by atoms with E-state index in [2.05, 4.69) is 24.1 Å². The number of hydrogen-bond acceptors (Lipinski definition) is 3. The highest BCUT2D eigenvalue weighted by Gasteiger charge is 2.59. The molecule has 0 aromatic rings. The third-order valence-corrected chi connectivity index (χ3v) is 5.47. The average Bonchev–Trinajstić information content (AvgIpc) is 2.27. The quantitative estimate of drug-likeness (QED) is 0.686. The van der Waals surface area contributed by atoms with Crippen molar-refractivity contribution in [3.63, 3.8) is 0 Å². The van der Waals surface area contributed by atoms with Gasteiger partial charge in [-0.2, -0.15) is 0 Å². The molecule has 5 aliphatic rings. The van der Waals surface area contributed by atoms with Gasteiger partial charge in [0.1, 0.15) is 5.72 Å². The minimum Gasteiger partial charge on any atom is -0.359 e. The molecule has 0 aromatic carbocycles. The smallest absolute Gasteiger partial charge is 0.127 e. The van der Waals surface area contributed by atoms with E-state index in [0.717, 1.165) is 30.9 Å². The van der Waals surface area contributed by atoms with Crippen molar-refractivity contribution >= 4 is 0 Å². The lowest BCUT2D eigenvalue weighted by molar-refractivity contribution is -0.257. The fourth-order valence-corrected chi connectivity index (χ4v) is 4.68. The van der Waals surface area contributed by atoms with Crippen LogP contribution in [0.4, 0.5) is 0 Å². The van der Waals surface area contributed by atoms with E-state index in [1.165, 1.54) is 32.5 Å². The molecule has 4 bridgehead atoms. The largest absolute Gasteiger partial charge is 0.359 e. The third-order valence-electron chi connectivity index (χ3n) is 5.47. The van der Waals surface area contributed by atoms with Gasteiger partial charge in [-0.1, -0.05) is 13.8 Å². The van der Waals surface area contributed by atoms with Gasteiger partial charge in [0.05, 0.1) is 6.61 Å². The summed E-state index contributed by atoms with van der Waals surface area (Å²) in [6, 6.07) is 0. The van der Waals surface area contributed by atoms with Gasteiger partial charge in [0, 0.05) is 43.4 Å². The van der Waals surface area contributed by atoms with Crippen molar-refractivity contribution in [1.29, 1.82) is 0 Å². The zero-order chi connectivity index (χ0) is 11.7. The maximum Gasteiger partial charge on any atom is 0.127 e. The number of nitrogens with zero attached hydrogens (tertiary/aromatic N) is 1. The maximum absolute atomic E-state index is 6.42. The molecule has 0 aromatic heterocycles. The van der Waals surface area contributed by atoms with Gasteiger partial charge in [0.2, 0.25) is 0 Å². The van der Waals surface area contributed by atoms with E-state index >= 15 is 0 Å². The van der Waals surface area contributed by atoms with Crippen molar-refractivity contribution in [3.05, 3.63) is 0 Å². The lowest BCUT2D eigenvalue weighted by atomic mass is 9.62. The maximum atomic E-state index is 6.42. The Bertz CT molecular complexity index is 299. The predicted molar refractivity (Wildman–Crippen MR) is 66.6 cm³/mol. The van der Waals surface area contributed by atoms with Gasteiger partial charge in [-0.15, -0.1) is 0 Å². The van der Waals surface area contributed by atoms with Gasteiger partial charge >= 0.3 is 0 Å². The Morgan fingerprint density at radius 1 is 1.12 bits per heavy atom. The molecule has 3 nitrogen and oxygen atoms in total. The first-order valence-electron chi connectivity index (χ1n) is 7.19. The SMILES string of the molecule is CC1(C)CNC2(OC1)C1CC3CC2CN(C3)C1. The molecule has 96 valence electrons. The molecule has 4 heterocycles. The number of hydrogen-bond donors (Lipinski definition) is 1. The summed E-state index contributed by atoms with van der Waals surface area (Å²) in [5.74, 6) is 2.44. The monoisotopic (exact) mass is 236 g/mol. The lowest BCUT2D eigenvalue weighted by Gasteiger charge is -2.64. The van der Waals surface area contributed by atoms with E-state index in [9.17, 15) is 0 Å². The van der Waals surface area contributed by atoms with Crippen LogP contribution in [-0.2, 0) is 4.74 Å². The van der Waals surface area contributed by atoms with Crippen molar-refractivity contribution in [2.75, 3.05) is 32.8 Å². The van der Waals surface area contributed by atoms with Crippen LogP contribution in [0.5, 0.6) is 0 Å². The van der Waals surface area contributed by atoms with E-state index in [0.29, 0.717) is 5.41 Å². The van der Waals surface area contributed by atoms with E-state index in [4.69, 9.17) is 4.74 Å². The summed E-state index contributed by atoms with van der Waals surface area (Å²) in [5, 5.41) is 3.82. The van der Waals surface area contributed by atoms with Crippen molar-refractivity contribution in [1.82, 2.24) is 10.2 Å². The van der Waals surface area contributed by atoms with Crippen LogP contribution in [0.15, 0.2) is 0 Å². The second kappa shape index (κ2) is 3.25. The molecule has 0 amide bonds. The summed E-state index contributed by atoms with van der Waals surface area (Å²) in [7, 11) is 0. The van der Waals surface area contributed by atoms with Crippen molar-refractivity contribution in [2.45, 2.75) is 32.4 Å². The van der Waals surface area contributed by atoms with Gasteiger partial charge in [-0.25, -0.2) is 0 Å². The molecule has 0 radical (unpaired) electrons. The predicted octanol–water partition coefficient (Wildman–Crippen LogP) is 1.30. The Morgan fingerprint density at radius 2 is 1.82 bits per heavy atom. The molecule has 4 aliphatic heterocycles. The fourth-order valence-electron chi connectivity index (χ4n) is 4.68. The van der Waals surface area contributed by atoms with Crippen LogP contribution in [0, 0.1) is 23.2 Å². The van der Waals surface area contributed by atoms with Crippen molar-refractivity contribution in [3.8, 4) is 0 Å². The zero-order valence-electron chi connectivity index (χ0n) is 11.0. The third kappa shape index (κ3) is 1.45. The van der Waals surface area contributed by atoms with Gasteiger partial charge in [-0.05, 0) is 18.8 Å². The standard InChI is InChI=1S/C14H24N2O/c1-13(2)8-15-14(17-9-13)11-3-10-4-12(14)7-16(5-10)6-11/h10-12,15H,3-9H2,1-2H3. The second-order valence-electron chi connectivity index (χ2n) is 7.55. The molecule has 1 saturated carbocycles. The Kier molecular flexibility index (Phi) is 2.06. The van der Waals surface area contributed by atoms with Crippen LogP contribution in [-0.4, -0.2) is 43.4 Å². The Balaban J connectivity index is 1.62. The molecule has 1 spiro atoms. The highest BCUT2D eigenvalue weighted by atomic mass is 16.5. The van der Waals surface area contributed by atoms with Crippen LogP contribution < -0.4 is 5.32 Å². The molecule has 2 atom stereocenters. The van der Waals surface area contributed by atoms with Crippen LogP contribution in [0.1, 0.15) is 26.7 Å². The van der Waals surface area contributed by atoms with Crippen LogP contribution >= 0.6 is 0 Å². The topological polar surface area (TPSA) is 24.5 Å². The van der Waals surface area contributed by atoms with Crippen molar-refractivity contribution < 1.29 is 4.74 Å². The number of rotatable bonds is 0. The second-order valence-corrected chi connectivity index (χ2v) is 7.55. The summed E-state index contributed by atoms with van der Waals surface area (Å²) < 4.78 is 6.42. The fraction of sp³-hybridized carbons (Fsp3) is 1.00. The van der Waals surface area contributed by atoms with Gasteiger partial charge < -0.3 is 9.64 Å². The summed E-state index contributed by atoms with van der Waals surface area (Å²) in [4.78, 5) is 2.67. The average molecular weight is 236 g/mol. The number of ether oxygens (including phenoxy) is 1. The number of piperidine rings is 3. The minimum atomic E-state index is 0.0446.